The Morgan fingerprint density at radius 1 is 0.509 bits per heavy atom. The highest BCUT2D eigenvalue weighted by Crippen LogP contribution is 2.26. The smallest absolute Gasteiger partial charge is 0.220 e. The van der Waals surface area contributed by atoms with Crippen molar-refractivity contribution in [2.45, 2.75) is 281 Å². The Balaban J connectivity index is 2.34. The van der Waals surface area contributed by atoms with Crippen LogP contribution in [0.25, 0.3) is 0 Å². The standard InChI is InChI=1S/C46H91NO8/c1-3-5-7-9-11-13-15-17-18-19-20-21-22-24-26-28-30-32-34-36-40(50)47-41(43(52)46-45(54)44(53)42(51)39(37-48)55-46)38(49)35-33-31-29-27-25-23-16-14-12-10-8-6-4-2/h38-39,41-46,48-49,51-54H,3-37H2,1-2H3,(H,47,50)/t38?,39-,41?,42-,43?,44+,45-,46+/m1/s1. The van der Waals surface area contributed by atoms with Crippen molar-refractivity contribution in [2.75, 3.05) is 6.61 Å². The number of hydrogen-bond donors (Lipinski definition) is 7. The molecule has 8 atom stereocenters. The van der Waals surface area contributed by atoms with Crippen LogP contribution in [-0.4, -0.2) is 91.9 Å². The Hall–Kier alpha value is -0.810. The highest BCUT2D eigenvalue weighted by Gasteiger charge is 2.48. The van der Waals surface area contributed by atoms with Gasteiger partial charge in [-0.15, -0.1) is 0 Å². The third-order valence-electron chi connectivity index (χ3n) is 12.0. The van der Waals surface area contributed by atoms with Crippen LogP contribution in [0.15, 0.2) is 0 Å². The van der Waals surface area contributed by atoms with E-state index in [-0.39, 0.29) is 12.3 Å². The zero-order valence-corrected chi connectivity index (χ0v) is 35.9. The first kappa shape index (κ1) is 52.2. The van der Waals surface area contributed by atoms with Crippen molar-refractivity contribution in [3.63, 3.8) is 0 Å². The van der Waals surface area contributed by atoms with Gasteiger partial charge in [0.05, 0.1) is 18.8 Å². The first-order valence-electron chi connectivity index (χ1n) is 23.7. The van der Waals surface area contributed by atoms with Gasteiger partial charge in [-0.3, -0.25) is 4.79 Å². The van der Waals surface area contributed by atoms with E-state index in [0.717, 1.165) is 44.9 Å². The Morgan fingerprint density at radius 2 is 0.855 bits per heavy atom. The number of carbonyl (C=O) groups is 1. The van der Waals surface area contributed by atoms with Crippen molar-refractivity contribution in [3.05, 3.63) is 0 Å². The van der Waals surface area contributed by atoms with Gasteiger partial charge >= 0.3 is 0 Å². The maximum absolute atomic E-state index is 13.1. The molecule has 1 rings (SSSR count). The van der Waals surface area contributed by atoms with E-state index >= 15 is 0 Å². The van der Waals surface area contributed by atoms with Gasteiger partial charge < -0.3 is 40.7 Å². The largest absolute Gasteiger partial charge is 0.394 e. The summed E-state index contributed by atoms with van der Waals surface area (Å²) >= 11 is 0. The molecule has 0 aliphatic carbocycles. The number of unbranched alkanes of at least 4 members (excludes halogenated alkanes) is 30. The second-order valence-electron chi connectivity index (χ2n) is 17.1. The van der Waals surface area contributed by atoms with Crippen molar-refractivity contribution in [1.29, 1.82) is 0 Å². The summed E-state index contributed by atoms with van der Waals surface area (Å²) in [5.74, 6) is -0.287. The van der Waals surface area contributed by atoms with Gasteiger partial charge in [0.25, 0.3) is 0 Å². The minimum Gasteiger partial charge on any atom is -0.394 e. The molecular weight excluding hydrogens is 695 g/mol. The monoisotopic (exact) mass is 786 g/mol. The van der Waals surface area contributed by atoms with E-state index in [4.69, 9.17) is 4.74 Å². The van der Waals surface area contributed by atoms with Crippen molar-refractivity contribution in [2.24, 2.45) is 0 Å². The van der Waals surface area contributed by atoms with E-state index in [0.29, 0.717) is 12.8 Å². The number of aliphatic hydroxyl groups is 6. The number of ether oxygens (including phenoxy) is 1. The third kappa shape index (κ3) is 26.0. The Kier molecular flexibility index (Phi) is 34.4. The summed E-state index contributed by atoms with van der Waals surface area (Å²) < 4.78 is 5.61. The van der Waals surface area contributed by atoms with E-state index in [9.17, 15) is 35.4 Å². The topological polar surface area (TPSA) is 160 Å². The van der Waals surface area contributed by atoms with Gasteiger partial charge in [0.15, 0.2) is 0 Å². The lowest BCUT2D eigenvalue weighted by molar-refractivity contribution is -0.253. The molecule has 1 amide bonds. The summed E-state index contributed by atoms with van der Waals surface area (Å²) in [6.45, 7) is 3.90. The summed E-state index contributed by atoms with van der Waals surface area (Å²) in [6, 6.07) is -1.13. The summed E-state index contributed by atoms with van der Waals surface area (Å²) in [6.07, 6.45) is 30.4. The zero-order chi connectivity index (χ0) is 40.4. The number of aliphatic hydroxyl groups excluding tert-OH is 6. The van der Waals surface area contributed by atoms with Crippen molar-refractivity contribution >= 4 is 5.91 Å². The molecule has 0 bridgehead atoms. The molecule has 0 aromatic carbocycles. The van der Waals surface area contributed by atoms with Crippen LogP contribution in [0.4, 0.5) is 0 Å². The highest BCUT2D eigenvalue weighted by molar-refractivity contribution is 5.76. The predicted molar refractivity (Wildman–Crippen MR) is 226 cm³/mol. The molecule has 0 saturated carbocycles. The molecule has 328 valence electrons. The van der Waals surface area contributed by atoms with Gasteiger partial charge in [0.1, 0.15) is 36.6 Å². The van der Waals surface area contributed by atoms with E-state index in [2.05, 4.69) is 19.2 Å². The molecule has 9 nitrogen and oxygen atoms in total. The summed E-state index contributed by atoms with van der Waals surface area (Å²) in [5.41, 5.74) is 0. The molecule has 0 aromatic heterocycles. The molecule has 1 fully saturated rings. The number of nitrogens with one attached hydrogen (secondary N) is 1. The number of carbonyl (C=O) groups excluding carboxylic acids is 1. The van der Waals surface area contributed by atoms with Crippen LogP contribution in [0.5, 0.6) is 0 Å². The molecule has 1 saturated heterocycles. The molecule has 0 radical (unpaired) electrons. The van der Waals surface area contributed by atoms with Crippen LogP contribution in [-0.2, 0) is 9.53 Å². The Morgan fingerprint density at radius 3 is 1.22 bits per heavy atom. The molecule has 1 heterocycles. The van der Waals surface area contributed by atoms with Crippen LogP contribution in [0.3, 0.4) is 0 Å². The molecule has 1 aliphatic heterocycles. The maximum Gasteiger partial charge on any atom is 0.220 e. The second kappa shape index (κ2) is 36.3. The first-order valence-corrected chi connectivity index (χ1v) is 23.7. The van der Waals surface area contributed by atoms with Crippen LogP contribution < -0.4 is 5.32 Å². The fourth-order valence-corrected chi connectivity index (χ4v) is 8.20. The van der Waals surface area contributed by atoms with Crippen LogP contribution in [0.2, 0.25) is 0 Å². The third-order valence-corrected chi connectivity index (χ3v) is 12.0. The fourth-order valence-electron chi connectivity index (χ4n) is 8.20. The fraction of sp³-hybridized carbons (Fsp3) is 0.978. The van der Waals surface area contributed by atoms with E-state index in [1.165, 1.54) is 154 Å². The minimum atomic E-state index is -1.66. The molecule has 3 unspecified atom stereocenters. The average molecular weight is 786 g/mol. The van der Waals surface area contributed by atoms with Gasteiger partial charge in [-0.25, -0.2) is 0 Å². The zero-order valence-electron chi connectivity index (χ0n) is 35.9. The van der Waals surface area contributed by atoms with Crippen LogP contribution in [0.1, 0.15) is 232 Å². The molecule has 1 aliphatic rings. The normalized spacial score (nSPS) is 21.8. The predicted octanol–water partition coefficient (Wildman–Crippen LogP) is 9.34. The van der Waals surface area contributed by atoms with Crippen molar-refractivity contribution < 1.29 is 40.2 Å². The van der Waals surface area contributed by atoms with Gasteiger partial charge in [0.2, 0.25) is 5.91 Å². The quantitative estimate of drug-likeness (QED) is 0.0304. The Bertz CT molecular complexity index is 847. The summed E-state index contributed by atoms with van der Waals surface area (Å²) in [7, 11) is 0. The van der Waals surface area contributed by atoms with Gasteiger partial charge in [-0.05, 0) is 12.8 Å². The van der Waals surface area contributed by atoms with Crippen molar-refractivity contribution in [3.8, 4) is 0 Å². The molecular formula is C46H91NO8. The molecule has 55 heavy (non-hydrogen) atoms. The highest BCUT2D eigenvalue weighted by atomic mass is 16.6. The lowest BCUT2D eigenvalue weighted by atomic mass is 9.87. The molecule has 7 N–H and O–H groups in total. The van der Waals surface area contributed by atoms with Gasteiger partial charge in [-0.2, -0.15) is 0 Å². The molecule has 0 spiro atoms. The lowest BCUT2D eigenvalue weighted by Gasteiger charge is -2.44. The average Bonchev–Trinajstić information content (AvgIpc) is 3.18. The lowest BCUT2D eigenvalue weighted by Crippen LogP contribution is -2.66. The second-order valence-corrected chi connectivity index (χ2v) is 17.1. The van der Waals surface area contributed by atoms with Gasteiger partial charge in [0, 0.05) is 6.42 Å². The van der Waals surface area contributed by atoms with Crippen LogP contribution in [0, 0.1) is 0 Å². The van der Waals surface area contributed by atoms with Crippen LogP contribution >= 0.6 is 0 Å². The van der Waals surface area contributed by atoms with E-state index in [1.54, 1.807) is 0 Å². The summed E-state index contributed by atoms with van der Waals surface area (Å²) in [4.78, 5) is 13.1. The first-order chi connectivity index (χ1) is 26.8. The van der Waals surface area contributed by atoms with E-state index in [1.807, 2.05) is 0 Å². The minimum absolute atomic E-state index is 0.266. The number of hydrogen-bond acceptors (Lipinski definition) is 8. The number of rotatable bonds is 39. The van der Waals surface area contributed by atoms with Gasteiger partial charge in [-0.1, -0.05) is 213 Å². The Labute approximate surface area is 338 Å². The molecule has 9 heteroatoms. The van der Waals surface area contributed by atoms with Crippen molar-refractivity contribution in [1.82, 2.24) is 5.32 Å². The van der Waals surface area contributed by atoms with E-state index < -0.39 is 55.4 Å². The number of amides is 1. The molecule has 0 aromatic rings. The summed E-state index contributed by atoms with van der Waals surface area (Å²) in [5, 5.41) is 66.3. The maximum atomic E-state index is 13.1. The SMILES string of the molecule is CCCCCCCCCCCCCCCCCCCCCC(=O)NC(C(O)CCCCCCCCCCCCCCC)C(O)[C@@H]1O[C@H](CO)[C@@H](O)[C@H](O)[C@H]1O.